The lowest BCUT2D eigenvalue weighted by Gasteiger charge is -2.03. The van der Waals surface area contributed by atoms with E-state index in [1.54, 1.807) is 24.3 Å². The second kappa shape index (κ2) is 4.92. The summed E-state index contributed by atoms with van der Waals surface area (Å²) in [7, 11) is 0. The first-order valence-electron chi connectivity index (χ1n) is 4.77. The van der Waals surface area contributed by atoms with Gasteiger partial charge in [0, 0.05) is 16.2 Å². The molecule has 0 unspecified atom stereocenters. The number of nitrogens with zero attached hydrogens (tertiary/aromatic N) is 1. The molecule has 0 saturated carbocycles. The van der Waals surface area contributed by atoms with Crippen molar-refractivity contribution in [2.24, 2.45) is 0 Å². The van der Waals surface area contributed by atoms with Crippen LogP contribution in [0.15, 0.2) is 45.9 Å². The van der Waals surface area contributed by atoms with Gasteiger partial charge in [-0.3, -0.25) is 9.59 Å². The second-order valence-electron chi connectivity index (χ2n) is 3.26. The molecule has 0 spiro atoms. The number of hydrogen-bond acceptors (Lipinski definition) is 3. The van der Waals surface area contributed by atoms with Gasteiger partial charge in [0.25, 0.3) is 11.5 Å². The lowest BCUT2D eigenvalue weighted by Crippen LogP contribution is -2.17. The average molecular weight is 294 g/mol. The quantitative estimate of drug-likeness (QED) is 0.886. The zero-order chi connectivity index (χ0) is 12.3. The number of anilines is 1. The normalized spacial score (nSPS) is 9.94. The Kier molecular flexibility index (Phi) is 3.34. The van der Waals surface area contributed by atoms with Gasteiger partial charge in [-0.25, -0.2) is 4.98 Å². The van der Waals surface area contributed by atoms with E-state index in [2.05, 4.69) is 31.2 Å². The minimum absolute atomic E-state index is 0.0802. The Balaban J connectivity index is 2.17. The highest BCUT2D eigenvalue weighted by Gasteiger charge is 2.07. The molecule has 0 saturated heterocycles. The molecule has 1 aromatic heterocycles. The van der Waals surface area contributed by atoms with E-state index in [1.165, 1.54) is 6.33 Å². The molecule has 2 rings (SSSR count). The van der Waals surface area contributed by atoms with E-state index in [9.17, 15) is 9.59 Å². The summed E-state index contributed by atoms with van der Waals surface area (Å²) in [5, 5.41) is 2.64. The number of aromatic nitrogens is 2. The van der Waals surface area contributed by atoms with Crippen LogP contribution in [0.2, 0.25) is 0 Å². The minimum Gasteiger partial charge on any atom is -0.321 e. The second-order valence-corrected chi connectivity index (χ2v) is 4.17. The molecule has 1 heterocycles. The van der Waals surface area contributed by atoms with Crippen LogP contribution in [0.4, 0.5) is 5.69 Å². The number of hydrogen-bond donors (Lipinski definition) is 2. The van der Waals surface area contributed by atoms with E-state index in [4.69, 9.17) is 0 Å². The standard InChI is InChI=1S/C11H8BrN3O2/c12-7-1-3-8(4-2-7)15-11(17)9-5-10(16)14-6-13-9/h1-6H,(H,15,17)(H,13,14,16). The molecule has 0 atom stereocenters. The van der Waals surface area contributed by atoms with Crippen molar-refractivity contribution >= 4 is 27.5 Å². The summed E-state index contributed by atoms with van der Waals surface area (Å²) < 4.78 is 0.921. The molecule has 1 aromatic carbocycles. The van der Waals surface area contributed by atoms with Gasteiger partial charge in [0.1, 0.15) is 5.69 Å². The molecule has 0 fully saturated rings. The van der Waals surface area contributed by atoms with Gasteiger partial charge in [-0.1, -0.05) is 15.9 Å². The third kappa shape index (κ3) is 3.01. The van der Waals surface area contributed by atoms with Crippen LogP contribution in [-0.2, 0) is 0 Å². The van der Waals surface area contributed by atoms with Crippen molar-refractivity contribution in [1.82, 2.24) is 9.97 Å². The molecule has 0 aliphatic carbocycles. The van der Waals surface area contributed by atoms with Crippen LogP contribution in [0.5, 0.6) is 0 Å². The van der Waals surface area contributed by atoms with Crippen molar-refractivity contribution in [2.45, 2.75) is 0 Å². The summed E-state index contributed by atoms with van der Waals surface area (Å²) in [5.41, 5.74) is 0.359. The molecule has 2 aromatic rings. The van der Waals surface area contributed by atoms with Gasteiger partial charge in [-0.15, -0.1) is 0 Å². The van der Waals surface area contributed by atoms with Gasteiger partial charge in [0.05, 0.1) is 6.33 Å². The number of rotatable bonds is 2. The van der Waals surface area contributed by atoms with Crippen molar-refractivity contribution in [2.75, 3.05) is 5.32 Å². The molecule has 86 valence electrons. The summed E-state index contributed by atoms with van der Waals surface area (Å²) in [6.45, 7) is 0. The Morgan fingerprint density at radius 1 is 1.29 bits per heavy atom. The maximum atomic E-state index is 11.7. The average Bonchev–Trinajstić information content (AvgIpc) is 2.32. The van der Waals surface area contributed by atoms with Gasteiger partial charge in [-0.05, 0) is 24.3 Å². The molecule has 6 heteroatoms. The predicted molar refractivity (Wildman–Crippen MR) is 67.0 cm³/mol. The molecular formula is C11H8BrN3O2. The third-order valence-corrected chi connectivity index (χ3v) is 2.54. The molecule has 17 heavy (non-hydrogen) atoms. The molecule has 5 nitrogen and oxygen atoms in total. The fourth-order valence-electron chi connectivity index (χ4n) is 1.22. The number of carbonyl (C=O) groups is 1. The predicted octanol–water partition coefficient (Wildman–Crippen LogP) is 1.78. The Morgan fingerprint density at radius 2 is 2.00 bits per heavy atom. The summed E-state index contributed by atoms with van der Waals surface area (Å²) >= 11 is 3.30. The van der Waals surface area contributed by atoms with Crippen LogP contribution in [0.3, 0.4) is 0 Å². The maximum absolute atomic E-state index is 11.7. The molecule has 0 radical (unpaired) electrons. The van der Waals surface area contributed by atoms with Crippen LogP contribution in [0.1, 0.15) is 10.5 Å². The van der Waals surface area contributed by atoms with E-state index in [1.807, 2.05) is 0 Å². The van der Waals surface area contributed by atoms with Crippen LogP contribution < -0.4 is 10.9 Å². The zero-order valence-electron chi connectivity index (χ0n) is 8.61. The number of nitrogens with one attached hydrogen (secondary N) is 2. The maximum Gasteiger partial charge on any atom is 0.274 e. The van der Waals surface area contributed by atoms with Crippen LogP contribution in [0, 0.1) is 0 Å². The van der Waals surface area contributed by atoms with E-state index in [-0.39, 0.29) is 11.3 Å². The van der Waals surface area contributed by atoms with E-state index < -0.39 is 5.91 Å². The van der Waals surface area contributed by atoms with Crippen LogP contribution >= 0.6 is 15.9 Å². The lowest BCUT2D eigenvalue weighted by molar-refractivity contribution is 0.102. The van der Waals surface area contributed by atoms with Crippen molar-refractivity contribution in [1.29, 1.82) is 0 Å². The SMILES string of the molecule is O=C(Nc1ccc(Br)cc1)c1cc(=O)[nH]cn1. The molecule has 0 bridgehead atoms. The Labute approximate surface area is 105 Å². The monoisotopic (exact) mass is 293 g/mol. The number of carbonyl (C=O) groups excluding carboxylic acids is 1. The van der Waals surface area contributed by atoms with Gasteiger partial charge >= 0.3 is 0 Å². The molecule has 2 N–H and O–H groups in total. The molecule has 0 aliphatic heterocycles. The fraction of sp³-hybridized carbons (Fsp3) is 0. The molecule has 1 amide bonds. The largest absolute Gasteiger partial charge is 0.321 e. The Bertz CT molecular complexity index is 592. The van der Waals surface area contributed by atoms with Gasteiger partial charge in [0.15, 0.2) is 0 Å². The number of aromatic amines is 1. The van der Waals surface area contributed by atoms with E-state index in [0.717, 1.165) is 10.5 Å². The highest BCUT2D eigenvalue weighted by Crippen LogP contribution is 2.14. The van der Waals surface area contributed by atoms with Crippen LogP contribution in [-0.4, -0.2) is 15.9 Å². The minimum atomic E-state index is -0.418. The fourth-order valence-corrected chi connectivity index (χ4v) is 1.49. The smallest absolute Gasteiger partial charge is 0.274 e. The highest BCUT2D eigenvalue weighted by molar-refractivity contribution is 9.10. The Hall–Kier alpha value is -1.95. The summed E-state index contributed by atoms with van der Waals surface area (Å²) in [5.74, 6) is -0.418. The number of amides is 1. The third-order valence-electron chi connectivity index (χ3n) is 2.01. The van der Waals surface area contributed by atoms with Crippen molar-refractivity contribution in [3.63, 3.8) is 0 Å². The molecule has 0 aliphatic rings. The van der Waals surface area contributed by atoms with Crippen molar-refractivity contribution < 1.29 is 4.79 Å². The summed E-state index contributed by atoms with van der Waals surface area (Å²) in [6.07, 6.45) is 1.19. The first kappa shape index (κ1) is 11.5. The number of halogens is 1. The van der Waals surface area contributed by atoms with E-state index >= 15 is 0 Å². The number of benzene rings is 1. The molecular weight excluding hydrogens is 286 g/mol. The van der Waals surface area contributed by atoms with Gasteiger partial charge < -0.3 is 10.3 Å². The van der Waals surface area contributed by atoms with Crippen molar-refractivity contribution in [3.05, 3.63) is 57.2 Å². The topological polar surface area (TPSA) is 74.8 Å². The van der Waals surface area contributed by atoms with Gasteiger partial charge in [-0.2, -0.15) is 0 Å². The number of H-pyrrole nitrogens is 1. The van der Waals surface area contributed by atoms with Crippen molar-refractivity contribution in [3.8, 4) is 0 Å². The van der Waals surface area contributed by atoms with Gasteiger partial charge in [0.2, 0.25) is 0 Å². The summed E-state index contributed by atoms with van der Waals surface area (Å²) in [4.78, 5) is 28.8. The Morgan fingerprint density at radius 3 is 2.65 bits per heavy atom. The first-order chi connectivity index (χ1) is 8.15. The zero-order valence-corrected chi connectivity index (χ0v) is 10.2. The lowest BCUT2D eigenvalue weighted by atomic mass is 10.3. The highest BCUT2D eigenvalue weighted by atomic mass is 79.9. The first-order valence-corrected chi connectivity index (χ1v) is 5.56. The summed E-state index contributed by atoms with van der Waals surface area (Å²) in [6, 6.07) is 8.25. The van der Waals surface area contributed by atoms with Crippen LogP contribution in [0.25, 0.3) is 0 Å². The van der Waals surface area contributed by atoms with E-state index in [0.29, 0.717) is 5.69 Å².